The molecule has 1 aliphatic heterocycles. The quantitative estimate of drug-likeness (QED) is 0.623. The third-order valence-electron chi connectivity index (χ3n) is 1.73. The van der Waals surface area contributed by atoms with Gasteiger partial charge in [-0.05, 0) is 6.07 Å². The Morgan fingerprint density at radius 3 is 3.50 bits per heavy atom. The van der Waals surface area contributed by atoms with Crippen molar-refractivity contribution in [3.05, 3.63) is 24.0 Å². The van der Waals surface area contributed by atoms with E-state index >= 15 is 0 Å². The minimum Gasteiger partial charge on any atom is -0.459 e. The maximum Gasteiger partial charge on any atom is 0.250 e. The van der Waals surface area contributed by atoms with Gasteiger partial charge in [0.25, 0.3) is 6.36 Å². The predicted octanol–water partition coefficient (Wildman–Crippen LogP) is 0.859. The molecule has 4 heteroatoms. The summed E-state index contributed by atoms with van der Waals surface area (Å²) in [6.45, 7) is 0.846. The highest BCUT2D eigenvalue weighted by atomic mass is 19.1. The van der Waals surface area contributed by atoms with Gasteiger partial charge in [0.15, 0.2) is 0 Å². The second-order valence-corrected chi connectivity index (χ2v) is 2.64. The van der Waals surface area contributed by atoms with Crippen LogP contribution in [0.2, 0.25) is 0 Å². The molecule has 0 saturated heterocycles. The molecule has 0 spiro atoms. The largest absolute Gasteiger partial charge is 0.459 e. The first kappa shape index (κ1) is 7.49. The molecule has 0 bridgehead atoms. The summed E-state index contributed by atoms with van der Waals surface area (Å²) in [4.78, 5) is 3.92. The number of aromatic nitrogens is 1. The molecule has 1 aromatic heterocycles. The number of alkyl halides is 1. The van der Waals surface area contributed by atoms with Crippen LogP contribution >= 0.6 is 0 Å². The highest BCUT2D eigenvalue weighted by Gasteiger charge is 2.14. The highest BCUT2D eigenvalue weighted by molar-refractivity contribution is 5.30. The number of nitrogens with one attached hydrogen (secondary N) is 1. The number of nitrogens with zero attached hydrogens (tertiary/aromatic N) is 1. The molecule has 2 rings (SSSR count). The summed E-state index contributed by atoms with van der Waals surface area (Å²) in [5.74, 6) is 0.586. The first-order valence-electron chi connectivity index (χ1n) is 3.80. The summed E-state index contributed by atoms with van der Waals surface area (Å²) < 4.78 is 17.8. The van der Waals surface area contributed by atoms with Gasteiger partial charge >= 0.3 is 0 Å². The average Bonchev–Trinajstić information content (AvgIpc) is 2.25. The van der Waals surface area contributed by atoms with Gasteiger partial charge in [0.2, 0.25) is 0 Å². The van der Waals surface area contributed by atoms with Crippen molar-refractivity contribution in [2.24, 2.45) is 0 Å². The van der Waals surface area contributed by atoms with E-state index in [4.69, 9.17) is 4.74 Å². The molecule has 3 nitrogen and oxygen atoms in total. The predicted molar refractivity (Wildman–Crippen MR) is 41.5 cm³/mol. The van der Waals surface area contributed by atoms with E-state index in [-0.39, 0.29) is 6.54 Å². The summed E-state index contributed by atoms with van der Waals surface area (Å²) in [5, 5.41) is 2.91. The minimum absolute atomic E-state index is 0.231. The summed E-state index contributed by atoms with van der Waals surface area (Å²) in [5.41, 5.74) is 0.901. The van der Waals surface area contributed by atoms with Crippen molar-refractivity contribution in [2.45, 2.75) is 12.9 Å². The van der Waals surface area contributed by atoms with Crippen LogP contribution in [0, 0.1) is 0 Å². The molecule has 0 radical (unpaired) electrons. The van der Waals surface area contributed by atoms with Crippen LogP contribution in [0.15, 0.2) is 18.5 Å². The molecular formula is C8H9FN2O. The number of fused-ring (bicyclic) bond motifs is 1. The van der Waals surface area contributed by atoms with E-state index in [2.05, 4.69) is 10.3 Å². The fraction of sp³-hybridized carbons (Fsp3) is 0.375. The van der Waals surface area contributed by atoms with Crippen LogP contribution in [0.5, 0.6) is 5.75 Å². The molecule has 12 heavy (non-hydrogen) atoms. The molecule has 1 unspecified atom stereocenters. The smallest absolute Gasteiger partial charge is 0.250 e. The summed E-state index contributed by atoms with van der Waals surface area (Å²) in [7, 11) is 0. The fourth-order valence-electron chi connectivity index (χ4n) is 1.16. The van der Waals surface area contributed by atoms with E-state index in [1.165, 1.54) is 0 Å². The zero-order valence-electron chi connectivity index (χ0n) is 6.46. The number of rotatable bonds is 0. The SMILES string of the molecule is FC1CNCc2cnccc2O1. The van der Waals surface area contributed by atoms with E-state index in [0.717, 1.165) is 5.56 Å². The first-order valence-corrected chi connectivity index (χ1v) is 3.80. The number of halogens is 1. The molecule has 2 heterocycles. The van der Waals surface area contributed by atoms with E-state index in [1.807, 2.05) is 0 Å². The fourth-order valence-corrected chi connectivity index (χ4v) is 1.16. The van der Waals surface area contributed by atoms with Gasteiger partial charge in [-0.15, -0.1) is 0 Å². The molecule has 0 amide bonds. The van der Waals surface area contributed by atoms with Gasteiger partial charge in [0.1, 0.15) is 5.75 Å². The highest BCUT2D eigenvalue weighted by Crippen LogP contribution is 2.20. The van der Waals surface area contributed by atoms with Crippen LogP contribution in [-0.2, 0) is 6.54 Å². The normalized spacial score (nSPS) is 22.2. The maximum absolute atomic E-state index is 12.8. The van der Waals surface area contributed by atoms with Gasteiger partial charge in [-0.3, -0.25) is 4.98 Å². The zero-order chi connectivity index (χ0) is 8.39. The van der Waals surface area contributed by atoms with Crippen LogP contribution in [-0.4, -0.2) is 17.9 Å². The molecular weight excluding hydrogens is 159 g/mol. The van der Waals surface area contributed by atoms with Gasteiger partial charge in [0, 0.05) is 24.5 Å². The van der Waals surface area contributed by atoms with Gasteiger partial charge in [-0.25, -0.2) is 4.39 Å². The summed E-state index contributed by atoms with van der Waals surface area (Å²) in [6.07, 6.45) is 2.02. The van der Waals surface area contributed by atoms with E-state index in [9.17, 15) is 4.39 Å². The Balaban J connectivity index is 2.31. The lowest BCUT2D eigenvalue weighted by atomic mass is 10.2. The zero-order valence-corrected chi connectivity index (χ0v) is 6.46. The number of pyridine rings is 1. The standard InChI is InChI=1S/C8H9FN2O/c9-8-5-11-4-6-3-10-2-1-7(6)12-8/h1-3,8,11H,4-5H2. The van der Waals surface area contributed by atoms with Crippen molar-refractivity contribution in [3.63, 3.8) is 0 Å². The molecule has 1 aliphatic rings. The van der Waals surface area contributed by atoms with Gasteiger partial charge in [0.05, 0.1) is 6.54 Å². The van der Waals surface area contributed by atoms with Crippen molar-refractivity contribution in [1.82, 2.24) is 10.3 Å². The molecule has 1 N–H and O–H groups in total. The molecule has 1 aromatic rings. The molecule has 64 valence electrons. The maximum atomic E-state index is 12.8. The van der Waals surface area contributed by atoms with Crippen LogP contribution in [0.1, 0.15) is 5.56 Å². The van der Waals surface area contributed by atoms with Crippen molar-refractivity contribution >= 4 is 0 Å². The van der Waals surface area contributed by atoms with Gasteiger partial charge < -0.3 is 10.1 Å². The molecule has 0 aromatic carbocycles. The lowest BCUT2D eigenvalue weighted by Gasteiger charge is -2.07. The van der Waals surface area contributed by atoms with Crippen molar-refractivity contribution < 1.29 is 9.13 Å². The Hall–Kier alpha value is -1.16. The van der Waals surface area contributed by atoms with E-state index < -0.39 is 6.36 Å². The third kappa shape index (κ3) is 1.38. The lowest BCUT2D eigenvalue weighted by molar-refractivity contribution is 0.0727. The summed E-state index contributed by atoms with van der Waals surface area (Å²) in [6, 6.07) is 1.68. The Bertz CT molecular complexity index is 280. The van der Waals surface area contributed by atoms with Crippen LogP contribution in [0.4, 0.5) is 4.39 Å². The van der Waals surface area contributed by atoms with E-state index in [1.54, 1.807) is 18.5 Å². The lowest BCUT2D eigenvalue weighted by Crippen LogP contribution is -2.23. The Morgan fingerprint density at radius 1 is 1.67 bits per heavy atom. The average molecular weight is 168 g/mol. The second-order valence-electron chi connectivity index (χ2n) is 2.64. The van der Waals surface area contributed by atoms with Crippen LogP contribution < -0.4 is 10.1 Å². The summed E-state index contributed by atoms with van der Waals surface area (Å²) >= 11 is 0. The van der Waals surface area contributed by atoms with Crippen LogP contribution in [0.3, 0.4) is 0 Å². The second kappa shape index (κ2) is 3.06. The third-order valence-corrected chi connectivity index (χ3v) is 1.73. The van der Waals surface area contributed by atoms with Crippen molar-refractivity contribution in [2.75, 3.05) is 6.54 Å². The molecule has 0 aliphatic carbocycles. The Kier molecular flexibility index (Phi) is 1.91. The van der Waals surface area contributed by atoms with Crippen LogP contribution in [0.25, 0.3) is 0 Å². The number of ether oxygens (including phenoxy) is 1. The monoisotopic (exact) mass is 168 g/mol. The first-order chi connectivity index (χ1) is 5.86. The minimum atomic E-state index is -1.26. The molecule has 1 atom stereocenters. The number of hydrogen-bond acceptors (Lipinski definition) is 3. The molecule has 0 fully saturated rings. The van der Waals surface area contributed by atoms with Gasteiger partial charge in [-0.1, -0.05) is 0 Å². The topological polar surface area (TPSA) is 34.2 Å². The Morgan fingerprint density at radius 2 is 2.58 bits per heavy atom. The Labute approximate surface area is 69.6 Å². The van der Waals surface area contributed by atoms with Crippen molar-refractivity contribution in [1.29, 1.82) is 0 Å². The van der Waals surface area contributed by atoms with E-state index in [0.29, 0.717) is 12.3 Å². The van der Waals surface area contributed by atoms with Crippen molar-refractivity contribution in [3.8, 4) is 5.75 Å². The number of hydrogen-bond donors (Lipinski definition) is 1. The van der Waals surface area contributed by atoms with Gasteiger partial charge in [-0.2, -0.15) is 0 Å². The molecule has 0 saturated carbocycles.